The number of hydrogen-bond acceptors (Lipinski definition) is 2. The highest BCUT2D eigenvalue weighted by Gasteiger charge is 2.23. The molecule has 0 aliphatic rings. The van der Waals surface area contributed by atoms with Gasteiger partial charge in [-0.1, -0.05) is 31.9 Å². The van der Waals surface area contributed by atoms with Gasteiger partial charge in [-0.15, -0.1) is 0 Å². The van der Waals surface area contributed by atoms with Crippen molar-refractivity contribution in [2.45, 2.75) is 25.6 Å². The molecule has 0 aliphatic heterocycles. The molecule has 1 heterocycles. The Balaban J connectivity index is 2.55. The van der Waals surface area contributed by atoms with Gasteiger partial charge in [0, 0.05) is 15.6 Å². The van der Waals surface area contributed by atoms with Gasteiger partial charge in [0.1, 0.15) is 17.3 Å². The quantitative estimate of drug-likeness (QED) is 0.652. The molecule has 19 heavy (non-hydrogen) atoms. The fraction of sp³-hybridized carbons (Fsp3) is 0.333. The highest BCUT2D eigenvalue weighted by atomic mass is 79.9. The minimum atomic E-state index is 0.0531. The van der Waals surface area contributed by atoms with E-state index in [9.17, 15) is 0 Å². The highest BCUT2D eigenvalue weighted by molar-refractivity contribution is 9.10. The summed E-state index contributed by atoms with van der Waals surface area (Å²) in [5.41, 5.74) is 3.44. The number of halogens is 2. The van der Waals surface area contributed by atoms with Crippen molar-refractivity contribution < 1.29 is 9.15 Å². The van der Waals surface area contributed by atoms with Gasteiger partial charge in [-0.2, -0.15) is 0 Å². The molecule has 0 saturated carbocycles. The summed E-state index contributed by atoms with van der Waals surface area (Å²) >= 11 is 7.28. The van der Waals surface area contributed by atoms with Crippen LogP contribution in [0.25, 0.3) is 0 Å². The molecule has 0 aliphatic carbocycles. The molecule has 2 aromatic rings. The van der Waals surface area contributed by atoms with E-state index in [1.54, 1.807) is 7.11 Å². The first-order valence-electron chi connectivity index (χ1n) is 5.99. The van der Waals surface area contributed by atoms with Crippen molar-refractivity contribution >= 4 is 31.9 Å². The van der Waals surface area contributed by atoms with E-state index in [0.29, 0.717) is 0 Å². The van der Waals surface area contributed by atoms with Gasteiger partial charge in [-0.3, -0.25) is 0 Å². The molecular formula is C15H16Br2O2. The highest BCUT2D eigenvalue weighted by Crippen LogP contribution is 2.42. The van der Waals surface area contributed by atoms with Crippen LogP contribution >= 0.6 is 31.9 Å². The average molecular weight is 388 g/mol. The van der Waals surface area contributed by atoms with Crippen LogP contribution in [0.1, 0.15) is 33.0 Å². The number of alkyl halides is 1. The lowest BCUT2D eigenvalue weighted by molar-refractivity contribution is 0.410. The minimum absolute atomic E-state index is 0.0531. The van der Waals surface area contributed by atoms with E-state index in [2.05, 4.69) is 44.8 Å². The Bertz CT molecular complexity index is 602. The molecule has 4 heteroatoms. The Morgan fingerprint density at radius 3 is 2.37 bits per heavy atom. The van der Waals surface area contributed by atoms with Crippen LogP contribution in [0.15, 0.2) is 27.1 Å². The van der Waals surface area contributed by atoms with Gasteiger partial charge < -0.3 is 9.15 Å². The maximum Gasteiger partial charge on any atom is 0.123 e. The van der Waals surface area contributed by atoms with Crippen LogP contribution in [-0.2, 0) is 0 Å². The van der Waals surface area contributed by atoms with Gasteiger partial charge in [0.15, 0.2) is 0 Å². The number of methoxy groups -OCH3 is 1. The molecular weight excluding hydrogens is 372 g/mol. The molecule has 0 radical (unpaired) electrons. The van der Waals surface area contributed by atoms with Gasteiger partial charge in [0.25, 0.3) is 0 Å². The van der Waals surface area contributed by atoms with E-state index in [1.165, 1.54) is 11.1 Å². The van der Waals surface area contributed by atoms with Crippen molar-refractivity contribution in [2.75, 3.05) is 7.11 Å². The molecule has 0 amide bonds. The van der Waals surface area contributed by atoms with Crippen molar-refractivity contribution in [1.82, 2.24) is 0 Å². The monoisotopic (exact) mass is 386 g/mol. The lowest BCUT2D eigenvalue weighted by Crippen LogP contribution is -1.99. The van der Waals surface area contributed by atoms with Crippen LogP contribution in [0, 0.1) is 20.8 Å². The summed E-state index contributed by atoms with van der Waals surface area (Å²) in [6.45, 7) is 6.07. The summed E-state index contributed by atoms with van der Waals surface area (Å²) in [6, 6.07) is 6.01. The third kappa shape index (κ3) is 2.75. The number of ether oxygens (including phenoxy) is 1. The number of furan rings is 1. The lowest BCUT2D eigenvalue weighted by Gasteiger charge is -2.15. The summed E-state index contributed by atoms with van der Waals surface area (Å²) in [4.78, 5) is 0.0531. The molecule has 2 rings (SSSR count). The second kappa shape index (κ2) is 5.71. The third-order valence-electron chi connectivity index (χ3n) is 3.34. The molecule has 1 aromatic carbocycles. The predicted octanol–water partition coefficient (Wildman–Crippen LogP) is 5.46. The molecule has 102 valence electrons. The summed E-state index contributed by atoms with van der Waals surface area (Å²) in [5, 5.41) is 0. The van der Waals surface area contributed by atoms with Crippen molar-refractivity contribution in [1.29, 1.82) is 0 Å². The molecule has 2 nitrogen and oxygen atoms in total. The van der Waals surface area contributed by atoms with Crippen LogP contribution < -0.4 is 4.74 Å². The first-order chi connectivity index (χ1) is 8.95. The molecule has 0 saturated heterocycles. The maximum absolute atomic E-state index is 5.71. The lowest BCUT2D eigenvalue weighted by atomic mass is 10.0. The van der Waals surface area contributed by atoms with Crippen LogP contribution in [0.3, 0.4) is 0 Å². The van der Waals surface area contributed by atoms with Gasteiger partial charge >= 0.3 is 0 Å². The fourth-order valence-corrected chi connectivity index (χ4v) is 3.64. The second-order valence-electron chi connectivity index (χ2n) is 4.50. The van der Waals surface area contributed by atoms with E-state index in [-0.39, 0.29) is 4.83 Å². The average Bonchev–Trinajstić information content (AvgIpc) is 2.62. The van der Waals surface area contributed by atoms with Crippen LogP contribution in [0.5, 0.6) is 5.75 Å². The van der Waals surface area contributed by atoms with Crippen LogP contribution in [0.4, 0.5) is 0 Å². The predicted molar refractivity (Wildman–Crippen MR) is 84.4 cm³/mol. The number of aryl methyl sites for hydroxylation is 2. The summed E-state index contributed by atoms with van der Waals surface area (Å²) in [6.07, 6.45) is 0. The number of rotatable bonds is 3. The van der Waals surface area contributed by atoms with Gasteiger partial charge in [-0.05, 0) is 44.5 Å². The van der Waals surface area contributed by atoms with Crippen LogP contribution in [-0.4, -0.2) is 7.11 Å². The number of benzene rings is 1. The fourth-order valence-electron chi connectivity index (χ4n) is 2.24. The van der Waals surface area contributed by atoms with E-state index in [1.807, 2.05) is 26.0 Å². The smallest absolute Gasteiger partial charge is 0.123 e. The van der Waals surface area contributed by atoms with Crippen molar-refractivity contribution in [3.05, 3.63) is 50.9 Å². The summed E-state index contributed by atoms with van der Waals surface area (Å²) < 4.78 is 12.2. The first-order valence-corrected chi connectivity index (χ1v) is 7.70. The van der Waals surface area contributed by atoms with E-state index >= 15 is 0 Å². The zero-order chi connectivity index (χ0) is 14.2. The largest absolute Gasteiger partial charge is 0.496 e. The zero-order valence-corrected chi connectivity index (χ0v) is 14.6. The third-order valence-corrected chi connectivity index (χ3v) is 4.78. The topological polar surface area (TPSA) is 22.4 Å². The maximum atomic E-state index is 5.71. The Morgan fingerprint density at radius 2 is 1.84 bits per heavy atom. The van der Waals surface area contributed by atoms with Crippen molar-refractivity contribution in [3.63, 3.8) is 0 Å². The van der Waals surface area contributed by atoms with Crippen LogP contribution in [0.2, 0.25) is 0 Å². The standard InChI is InChI=1S/C15H16Br2O2/c1-8-9(2)19-10(3)14(8)15(17)12-7-11(16)5-6-13(12)18-4/h5-7,15H,1-4H3. The second-order valence-corrected chi connectivity index (χ2v) is 6.33. The van der Waals surface area contributed by atoms with Gasteiger partial charge in [0.05, 0.1) is 11.9 Å². The SMILES string of the molecule is COc1ccc(Br)cc1C(Br)c1c(C)oc(C)c1C. The Kier molecular flexibility index (Phi) is 4.41. The Morgan fingerprint density at radius 1 is 1.16 bits per heavy atom. The molecule has 1 aromatic heterocycles. The zero-order valence-electron chi connectivity index (χ0n) is 11.4. The normalized spacial score (nSPS) is 12.5. The molecule has 1 unspecified atom stereocenters. The van der Waals surface area contributed by atoms with E-state index in [4.69, 9.17) is 9.15 Å². The van der Waals surface area contributed by atoms with Crippen molar-refractivity contribution in [2.24, 2.45) is 0 Å². The Hall–Kier alpha value is -0.740. The summed E-state index contributed by atoms with van der Waals surface area (Å²) in [5.74, 6) is 2.77. The molecule has 0 fully saturated rings. The minimum Gasteiger partial charge on any atom is -0.496 e. The van der Waals surface area contributed by atoms with E-state index < -0.39 is 0 Å². The first kappa shape index (κ1) is 14.7. The molecule has 0 N–H and O–H groups in total. The van der Waals surface area contributed by atoms with Gasteiger partial charge in [-0.25, -0.2) is 0 Å². The molecule has 1 atom stereocenters. The number of hydrogen-bond donors (Lipinski definition) is 0. The summed E-state index contributed by atoms with van der Waals surface area (Å²) in [7, 11) is 1.69. The van der Waals surface area contributed by atoms with Crippen molar-refractivity contribution in [3.8, 4) is 5.75 Å². The molecule has 0 spiro atoms. The Labute approximate surface area is 130 Å². The molecule has 0 bridgehead atoms. The van der Waals surface area contributed by atoms with E-state index in [0.717, 1.165) is 27.3 Å². The van der Waals surface area contributed by atoms with Gasteiger partial charge in [0.2, 0.25) is 0 Å².